The molecule has 3 aromatic rings. The fourth-order valence-electron chi connectivity index (χ4n) is 1.84. The quantitative estimate of drug-likeness (QED) is 0.732. The molecule has 0 spiro atoms. The summed E-state index contributed by atoms with van der Waals surface area (Å²) in [6.07, 6.45) is 7.14. The molecule has 0 saturated heterocycles. The number of imidazole rings is 1. The number of tetrazole rings is 1. The number of hydrogen-bond donors (Lipinski definition) is 1. The minimum absolute atomic E-state index is 0.410. The largest absolute Gasteiger partial charge is 0.497 e. The lowest BCUT2D eigenvalue weighted by atomic mass is 10.2. The smallest absolute Gasteiger partial charge is 0.240 e. The van der Waals surface area contributed by atoms with Gasteiger partial charge < -0.3 is 9.72 Å². The van der Waals surface area contributed by atoms with E-state index in [1.54, 1.807) is 31.5 Å². The Morgan fingerprint density at radius 3 is 2.86 bits per heavy atom. The van der Waals surface area contributed by atoms with E-state index < -0.39 is 0 Å². The van der Waals surface area contributed by atoms with Crippen molar-refractivity contribution in [1.82, 2.24) is 30.2 Å². The first-order valence-corrected chi connectivity index (χ1v) is 6.17. The van der Waals surface area contributed by atoms with Gasteiger partial charge in [0.15, 0.2) is 5.82 Å². The first kappa shape index (κ1) is 12.9. The average Bonchev–Trinajstić information content (AvgIpc) is 3.15. The van der Waals surface area contributed by atoms with E-state index in [9.17, 15) is 0 Å². The molecule has 7 nitrogen and oxygen atoms in total. The van der Waals surface area contributed by atoms with E-state index in [0.29, 0.717) is 28.6 Å². The molecule has 0 bridgehead atoms. The number of methoxy groups -OCH3 is 1. The second-order valence-corrected chi connectivity index (χ2v) is 4.38. The summed E-state index contributed by atoms with van der Waals surface area (Å²) in [5.74, 6) is 4.18. The fraction of sp³-hybridized carbons (Fsp3) is 0.143. The Labute approximate surface area is 121 Å². The maximum absolute atomic E-state index is 5.43. The predicted octanol–water partition coefficient (Wildman–Crippen LogP) is 1.35. The molecule has 3 rings (SSSR count). The number of ether oxygens (including phenoxy) is 1. The van der Waals surface area contributed by atoms with Crippen LogP contribution >= 0.6 is 0 Å². The van der Waals surface area contributed by atoms with Gasteiger partial charge in [0.1, 0.15) is 5.75 Å². The van der Waals surface area contributed by atoms with Crippen LogP contribution in [0.15, 0.2) is 24.4 Å². The molecule has 0 aliphatic rings. The van der Waals surface area contributed by atoms with Gasteiger partial charge >= 0.3 is 0 Å². The first-order valence-electron chi connectivity index (χ1n) is 6.17. The van der Waals surface area contributed by atoms with Crippen LogP contribution in [-0.4, -0.2) is 37.3 Å². The number of aryl methyl sites for hydroxylation is 1. The highest BCUT2D eigenvalue weighted by Crippen LogP contribution is 2.19. The lowest BCUT2D eigenvalue weighted by molar-refractivity contribution is 0.414. The number of H-pyrrole nitrogens is 1. The molecule has 0 fully saturated rings. The van der Waals surface area contributed by atoms with E-state index in [1.807, 2.05) is 6.92 Å². The number of benzene rings is 1. The van der Waals surface area contributed by atoms with Crippen molar-refractivity contribution < 1.29 is 4.74 Å². The number of aromatic amines is 1. The van der Waals surface area contributed by atoms with Gasteiger partial charge in [0.2, 0.25) is 5.82 Å². The zero-order valence-corrected chi connectivity index (χ0v) is 11.5. The van der Waals surface area contributed by atoms with Gasteiger partial charge in [-0.05, 0) is 24.3 Å². The van der Waals surface area contributed by atoms with E-state index in [0.717, 1.165) is 5.69 Å². The summed E-state index contributed by atoms with van der Waals surface area (Å²) in [4.78, 5) is 8.61. The van der Waals surface area contributed by atoms with Crippen LogP contribution in [0.2, 0.25) is 0 Å². The molecule has 21 heavy (non-hydrogen) atoms. The zero-order valence-electron chi connectivity index (χ0n) is 11.5. The summed E-state index contributed by atoms with van der Waals surface area (Å²) in [6.45, 7) is 1.90. The van der Waals surface area contributed by atoms with Crippen molar-refractivity contribution in [3.63, 3.8) is 0 Å². The van der Waals surface area contributed by atoms with Crippen molar-refractivity contribution in [2.75, 3.05) is 7.11 Å². The van der Waals surface area contributed by atoms with Gasteiger partial charge in [-0.15, -0.1) is 21.4 Å². The Balaban J connectivity index is 2.02. The molecule has 0 atom stereocenters. The van der Waals surface area contributed by atoms with Crippen LogP contribution in [0, 0.1) is 19.3 Å². The summed E-state index contributed by atoms with van der Waals surface area (Å²) in [7, 11) is 1.57. The van der Waals surface area contributed by atoms with Crippen LogP contribution in [0.25, 0.3) is 17.3 Å². The summed E-state index contributed by atoms with van der Waals surface area (Å²) in [5.41, 5.74) is 2.28. The van der Waals surface area contributed by atoms with Crippen LogP contribution < -0.4 is 4.74 Å². The molecular weight excluding hydrogens is 268 g/mol. The maximum atomic E-state index is 5.43. The SMILES string of the molecule is C#Cc1cc(OC)cc(-n2nnc(-c3ncc(C)[nH]3)n2)c1. The Hall–Kier alpha value is -3.14. The van der Waals surface area contributed by atoms with Crippen LogP contribution in [-0.2, 0) is 0 Å². The summed E-state index contributed by atoms with van der Waals surface area (Å²) in [6, 6.07) is 5.32. The average molecular weight is 280 g/mol. The molecule has 104 valence electrons. The number of aromatic nitrogens is 6. The lowest BCUT2D eigenvalue weighted by Gasteiger charge is -2.04. The van der Waals surface area contributed by atoms with Crippen molar-refractivity contribution in [2.24, 2.45) is 0 Å². The number of hydrogen-bond acceptors (Lipinski definition) is 5. The minimum atomic E-state index is 0.410. The Kier molecular flexibility index (Phi) is 3.12. The second-order valence-electron chi connectivity index (χ2n) is 4.38. The number of rotatable bonds is 3. The monoisotopic (exact) mass is 280 g/mol. The van der Waals surface area contributed by atoms with E-state index in [4.69, 9.17) is 11.2 Å². The van der Waals surface area contributed by atoms with Gasteiger partial charge in [0.05, 0.1) is 12.8 Å². The maximum Gasteiger partial charge on any atom is 0.240 e. The topological polar surface area (TPSA) is 81.5 Å². The highest BCUT2D eigenvalue weighted by atomic mass is 16.5. The molecule has 1 N–H and O–H groups in total. The van der Waals surface area contributed by atoms with Crippen LogP contribution in [0.4, 0.5) is 0 Å². The van der Waals surface area contributed by atoms with E-state index in [-0.39, 0.29) is 0 Å². The number of terminal acetylenes is 1. The molecule has 0 unspecified atom stereocenters. The van der Waals surface area contributed by atoms with Crippen molar-refractivity contribution in [1.29, 1.82) is 0 Å². The molecule has 0 saturated carbocycles. The summed E-state index contributed by atoms with van der Waals surface area (Å²) < 4.78 is 5.21. The van der Waals surface area contributed by atoms with Crippen molar-refractivity contribution in [3.05, 3.63) is 35.7 Å². The molecule has 2 aromatic heterocycles. The third kappa shape index (κ3) is 2.47. The van der Waals surface area contributed by atoms with Crippen molar-refractivity contribution in [2.45, 2.75) is 6.92 Å². The van der Waals surface area contributed by atoms with E-state index in [2.05, 4.69) is 31.3 Å². The molecule has 0 aliphatic heterocycles. The van der Waals surface area contributed by atoms with Gasteiger partial charge in [-0.25, -0.2) is 4.98 Å². The molecule has 0 amide bonds. The van der Waals surface area contributed by atoms with Crippen LogP contribution in [0.5, 0.6) is 5.75 Å². The standard InChI is InChI=1S/C14H12N6O/c1-4-10-5-11(7-12(6-10)21-3)20-18-14(17-19-20)13-15-8-9(2)16-13/h1,5-8H,2-3H3,(H,15,16). The van der Waals surface area contributed by atoms with E-state index in [1.165, 1.54) is 4.80 Å². The first-order chi connectivity index (χ1) is 10.2. The summed E-state index contributed by atoms with van der Waals surface area (Å²) in [5, 5.41) is 12.3. The molecule has 0 aliphatic carbocycles. The van der Waals surface area contributed by atoms with Gasteiger partial charge in [-0.2, -0.15) is 0 Å². The fourth-order valence-corrected chi connectivity index (χ4v) is 1.84. The lowest BCUT2D eigenvalue weighted by Crippen LogP contribution is -2.00. The van der Waals surface area contributed by atoms with Gasteiger partial charge in [-0.3, -0.25) is 0 Å². The Bertz CT molecular complexity index is 826. The molecule has 2 heterocycles. The molecule has 7 heteroatoms. The van der Waals surface area contributed by atoms with Crippen LogP contribution in [0.3, 0.4) is 0 Å². The predicted molar refractivity (Wildman–Crippen MR) is 76.0 cm³/mol. The third-order valence-corrected chi connectivity index (χ3v) is 2.85. The normalized spacial score (nSPS) is 10.3. The minimum Gasteiger partial charge on any atom is -0.497 e. The highest BCUT2D eigenvalue weighted by Gasteiger charge is 2.11. The molecule has 1 aromatic carbocycles. The Morgan fingerprint density at radius 2 is 2.19 bits per heavy atom. The second kappa shape index (κ2) is 5.09. The van der Waals surface area contributed by atoms with E-state index >= 15 is 0 Å². The molecular formula is C14H12N6O. The highest BCUT2D eigenvalue weighted by molar-refractivity contribution is 5.49. The molecule has 0 radical (unpaired) electrons. The van der Waals surface area contributed by atoms with Crippen molar-refractivity contribution in [3.8, 4) is 35.4 Å². The van der Waals surface area contributed by atoms with Gasteiger partial charge in [0, 0.05) is 23.5 Å². The number of nitrogens with one attached hydrogen (secondary N) is 1. The van der Waals surface area contributed by atoms with Gasteiger partial charge in [0.25, 0.3) is 0 Å². The Morgan fingerprint density at radius 1 is 1.33 bits per heavy atom. The van der Waals surface area contributed by atoms with Gasteiger partial charge in [-0.1, -0.05) is 5.92 Å². The third-order valence-electron chi connectivity index (χ3n) is 2.85. The summed E-state index contributed by atoms with van der Waals surface area (Å²) >= 11 is 0. The number of nitrogens with zero attached hydrogens (tertiary/aromatic N) is 5. The van der Waals surface area contributed by atoms with Crippen LogP contribution in [0.1, 0.15) is 11.3 Å². The zero-order chi connectivity index (χ0) is 14.8. The van der Waals surface area contributed by atoms with Crippen molar-refractivity contribution >= 4 is 0 Å².